The maximum Gasteiger partial charge on any atom is 0.254 e. The number of imide groups is 2. The average Bonchev–Trinajstić information content (AvgIpc) is 3.35. The largest absolute Gasteiger partial charge is 0.502 e. The quantitative estimate of drug-likeness (QED) is 0.135. The summed E-state index contributed by atoms with van der Waals surface area (Å²) >= 11 is 19.8. The predicted molar refractivity (Wildman–Crippen MR) is 176 cm³/mol. The zero-order chi connectivity index (χ0) is 31.7. The van der Waals surface area contributed by atoms with Gasteiger partial charge in [-0.1, -0.05) is 39.7 Å². The van der Waals surface area contributed by atoms with Crippen molar-refractivity contribution in [2.75, 3.05) is 24.6 Å². The Balaban J connectivity index is 1.47. The molecule has 6 unspecified atom stereocenters. The Morgan fingerprint density at radius 1 is 1.02 bits per heavy atom. The summed E-state index contributed by atoms with van der Waals surface area (Å²) in [4.78, 5) is 53.7. The molecular formula is C31H26BrCl2IN2O7. The molecule has 0 bridgehead atoms. The molecule has 0 radical (unpaired) electrons. The third-order valence-electron chi connectivity index (χ3n) is 9.14. The summed E-state index contributed by atoms with van der Waals surface area (Å²) < 4.78 is 11.5. The van der Waals surface area contributed by atoms with Crippen molar-refractivity contribution >= 4 is 97.1 Å². The molecule has 44 heavy (non-hydrogen) atoms. The number of likely N-dealkylation sites (tertiary alicyclic amines) is 1. The highest BCUT2D eigenvalue weighted by Gasteiger charge is 2.75. The van der Waals surface area contributed by atoms with Crippen LogP contribution >= 0.6 is 61.7 Å². The van der Waals surface area contributed by atoms with Crippen LogP contribution < -0.4 is 14.4 Å². The SMILES string of the molecule is COc1cc(C=CC2C3=CCC4C(=O)N(c5ccc(I)cc5)C(=O)C4C3CC3(Cl)C(=O)N(CBr)C(=O)C23Cl)cc(OC)c1O. The molecule has 2 saturated heterocycles. The molecule has 2 aromatic carbocycles. The van der Waals surface area contributed by atoms with E-state index in [0.29, 0.717) is 16.8 Å². The molecule has 0 spiro atoms. The van der Waals surface area contributed by atoms with Crippen LogP contribution in [0.25, 0.3) is 6.08 Å². The van der Waals surface area contributed by atoms with Gasteiger partial charge in [-0.3, -0.25) is 29.0 Å². The Labute approximate surface area is 285 Å². The third kappa shape index (κ3) is 4.36. The number of benzene rings is 2. The monoisotopic (exact) mass is 814 g/mol. The molecule has 2 aliphatic carbocycles. The number of allylic oxidation sites excluding steroid dienone is 3. The van der Waals surface area contributed by atoms with Gasteiger partial charge in [0.15, 0.2) is 21.2 Å². The molecular weight excluding hydrogens is 790 g/mol. The van der Waals surface area contributed by atoms with Crippen LogP contribution in [-0.2, 0) is 19.2 Å². The number of anilines is 1. The van der Waals surface area contributed by atoms with Crippen molar-refractivity contribution in [3.8, 4) is 17.2 Å². The molecule has 230 valence electrons. The number of aromatic hydroxyl groups is 1. The van der Waals surface area contributed by atoms with Crippen molar-refractivity contribution in [2.45, 2.75) is 22.6 Å². The van der Waals surface area contributed by atoms with Gasteiger partial charge in [0.1, 0.15) is 0 Å². The highest BCUT2D eigenvalue weighted by atomic mass is 127. The first kappa shape index (κ1) is 31.4. The number of carbonyl (C=O) groups is 4. The summed E-state index contributed by atoms with van der Waals surface area (Å²) in [5.74, 6) is -4.81. The van der Waals surface area contributed by atoms with Crippen molar-refractivity contribution in [1.82, 2.24) is 4.90 Å². The Morgan fingerprint density at radius 2 is 1.66 bits per heavy atom. The fourth-order valence-electron chi connectivity index (χ4n) is 7.06. The molecule has 6 rings (SSSR count). The molecule has 2 heterocycles. The van der Waals surface area contributed by atoms with E-state index in [-0.39, 0.29) is 47.4 Å². The van der Waals surface area contributed by atoms with Crippen LogP contribution in [0.3, 0.4) is 0 Å². The summed E-state index contributed by atoms with van der Waals surface area (Å²) in [7, 11) is 2.81. The van der Waals surface area contributed by atoms with E-state index in [4.69, 9.17) is 32.7 Å². The molecule has 13 heteroatoms. The minimum absolute atomic E-state index is 0.0934. The minimum atomic E-state index is -1.91. The number of rotatable bonds is 6. The first-order chi connectivity index (χ1) is 20.9. The van der Waals surface area contributed by atoms with Gasteiger partial charge >= 0.3 is 0 Å². The summed E-state index contributed by atoms with van der Waals surface area (Å²) in [6, 6.07) is 10.3. The number of fused-ring (bicyclic) bond motifs is 4. The van der Waals surface area contributed by atoms with Gasteiger partial charge in [-0.15, -0.1) is 23.2 Å². The van der Waals surface area contributed by atoms with E-state index in [1.807, 2.05) is 18.2 Å². The van der Waals surface area contributed by atoms with Crippen LogP contribution in [0.4, 0.5) is 5.69 Å². The van der Waals surface area contributed by atoms with E-state index in [1.165, 1.54) is 19.1 Å². The number of hydrogen-bond donors (Lipinski definition) is 1. The van der Waals surface area contributed by atoms with Crippen molar-refractivity contribution < 1.29 is 33.8 Å². The van der Waals surface area contributed by atoms with Gasteiger partial charge in [-0.05, 0) is 83.3 Å². The van der Waals surface area contributed by atoms with Gasteiger partial charge < -0.3 is 14.6 Å². The zero-order valence-corrected chi connectivity index (χ0v) is 28.7. The van der Waals surface area contributed by atoms with E-state index in [0.717, 1.165) is 8.47 Å². The van der Waals surface area contributed by atoms with Crippen molar-refractivity contribution in [3.63, 3.8) is 0 Å². The van der Waals surface area contributed by atoms with Crippen LogP contribution in [0, 0.1) is 27.2 Å². The number of carbonyl (C=O) groups excluding carboxylic acids is 4. The molecule has 4 amide bonds. The highest BCUT2D eigenvalue weighted by molar-refractivity contribution is 14.1. The number of hydrogen-bond acceptors (Lipinski definition) is 7. The fourth-order valence-corrected chi connectivity index (χ4v) is 8.80. The van der Waals surface area contributed by atoms with Crippen molar-refractivity contribution in [3.05, 3.63) is 63.3 Å². The molecule has 2 aliphatic heterocycles. The molecule has 2 aromatic rings. The van der Waals surface area contributed by atoms with Crippen LogP contribution in [0.15, 0.2) is 54.1 Å². The van der Waals surface area contributed by atoms with E-state index >= 15 is 0 Å². The fraction of sp³-hybridized carbons (Fsp3) is 0.355. The van der Waals surface area contributed by atoms with Gasteiger partial charge in [0.2, 0.25) is 17.6 Å². The number of alkyl halides is 3. The molecule has 1 N–H and O–H groups in total. The highest BCUT2D eigenvalue weighted by Crippen LogP contribution is 2.63. The summed E-state index contributed by atoms with van der Waals surface area (Å²) in [6.45, 7) is 0. The molecule has 1 saturated carbocycles. The van der Waals surface area contributed by atoms with Crippen LogP contribution in [0.1, 0.15) is 18.4 Å². The second kappa shape index (κ2) is 11.3. The number of amides is 4. The van der Waals surface area contributed by atoms with Crippen LogP contribution in [-0.4, -0.2) is 63.1 Å². The van der Waals surface area contributed by atoms with Crippen molar-refractivity contribution in [1.29, 1.82) is 0 Å². The average molecular weight is 816 g/mol. The first-order valence-corrected chi connectivity index (χ1v) is 16.6. The lowest BCUT2D eigenvalue weighted by atomic mass is 9.57. The number of phenols is 1. The summed E-state index contributed by atoms with van der Waals surface area (Å²) in [6.07, 6.45) is 5.41. The number of nitrogens with zero attached hydrogens (tertiary/aromatic N) is 2. The number of methoxy groups -OCH3 is 2. The predicted octanol–water partition coefficient (Wildman–Crippen LogP) is 5.48. The Kier molecular flexibility index (Phi) is 8.08. The van der Waals surface area contributed by atoms with Crippen LogP contribution in [0.2, 0.25) is 0 Å². The topological polar surface area (TPSA) is 113 Å². The van der Waals surface area contributed by atoms with Crippen LogP contribution in [0.5, 0.6) is 17.2 Å². The molecule has 3 fully saturated rings. The maximum absolute atomic E-state index is 14.1. The first-order valence-electron chi connectivity index (χ1n) is 13.7. The Morgan fingerprint density at radius 3 is 2.25 bits per heavy atom. The Bertz CT molecular complexity index is 1640. The number of ether oxygens (including phenoxy) is 2. The van der Waals surface area contributed by atoms with E-state index in [2.05, 4.69) is 38.5 Å². The van der Waals surface area contributed by atoms with E-state index in [1.54, 1.807) is 36.4 Å². The molecule has 0 aromatic heterocycles. The normalized spacial score (nSPS) is 31.3. The van der Waals surface area contributed by atoms with E-state index in [9.17, 15) is 24.3 Å². The zero-order valence-electron chi connectivity index (χ0n) is 23.4. The molecule has 6 atom stereocenters. The molecule has 4 aliphatic rings. The smallest absolute Gasteiger partial charge is 0.254 e. The lowest BCUT2D eigenvalue weighted by Crippen LogP contribution is -2.60. The van der Waals surface area contributed by atoms with Gasteiger partial charge in [0.05, 0.1) is 37.2 Å². The maximum atomic E-state index is 14.1. The van der Waals surface area contributed by atoms with Gasteiger partial charge in [-0.25, -0.2) is 0 Å². The van der Waals surface area contributed by atoms with Gasteiger partial charge in [-0.2, -0.15) is 0 Å². The molecule has 9 nitrogen and oxygen atoms in total. The standard InChI is InChI=1S/C31H26BrCl2IN2O7/c1-43-22-11-15(12-23(44-2)25(22)38)3-10-21-18-8-9-19-24(27(40)37(26(19)39)17-6-4-16(35)5-7-17)20(18)13-30(33)28(41)36(14-32)29(42)31(21,30)34/h3-8,10-12,19-21,24,38H,9,13-14H2,1-2H3. The van der Waals surface area contributed by atoms with Crippen molar-refractivity contribution in [2.24, 2.45) is 23.7 Å². The number of phenolic OH excluding ortho intramolecular Hbond substituents is 1. The summed E-state index contributed by atoms with van der Waals surface area (Å²) in [5, 5.41) is 10.4. The third-order valence-corrected chi connectivity index (χ3v) is 11.8. The second-order valence-corrected chi connectivity index (χ2v) is 14.1. The van der Waals surface area contributed by atoms with E-state index < -0.39 is 45.2 Å². The lowest BCUT2D eigenvalue weighted by molar-refractivity contribution is -0.138. The van der Waals surface area contributed by atoms with Gasteiger partial charge in [0.25, 0.3) is 11.8 Å². The summed E-state index contributed by atoms with van der Waals surface area (Å²) in [5.41, 5.74) is 1.60. The van der Waals surface area contributed by atoms with Gasteiger partial charge in [0, 0.05) is 9.49 Å². The minimum Gasteiger partial charge on any atom is -0.502 e. The number of halogens is 4. The lowest BCUT2D eigenvalue weighted by Gasteiger charge is -2.49. The Hall–Kier alpha value is -2.61. The second-order valence-electron chi connectivity index (χ2n) is 11.2.